The highest BCUT2D eigenvalue weighted by Crippen LogP contribution is 2.30. The van der Waals surface area contributed by atoms with Crippen molar-refractivity contribution >= 4 is 11.7 Å². The minimum Gasteiger partial charge on any atom is -0.463 e. The molecule has 0 saturated carbocycles. The molecule has 0 aromatic carbocycles. The summed E-state index contributed by atoms with van der Waals surface area (Å²) < 4.78 is 10.0. The number of furan rings is 1. The van der Waals surface area contributed by atoms with E-state index >= 15 is 0 Å². The van der Waals surface area contributed by atoms with Crippen LogP contribution in [0.4, 0.5) is 5.69 Å². The van der Waals surface area contributed by atoms with Crippen LogP contribution in [-0.4, -0.2) is 31.6 Å². The second-order valence-electron chi connectivity index (χ2n) is 3.73. The summed E-state index contributed by atoms with van der Waals surface area (Å²) in [6.45, 7) is 1.62. The number of ether oxygens (including phenoxy) is 1. The van der Waals surface area contributed by atoms with Gasteiger partial charge in [0.05, 0.1) is 19.3 Å². The van der Waals surface area contributed by atoms with Crippen LogP contribution in [0.15, 0.2) is 4.42 Å². The maximum Gasteiger partial charge on any atom is 0.376 e. The van der Waals surface area contributed by atoms with Gasteiger partial charge in [0.15, 0.2) is 0 Å². The Morgan fingerprint density at radius 2 is 2.33 bits per heavy atom. The van der Waals surface area contributed by atoms with Crippen molar-refractivity contribution in [1.82, 2.24) is 4.90 Å². The first-order chi connectivity index (χ1) is 7.13. The zero-order valence-electron chi connectivity index (χ0n) is 8.87. The lowest BCUT2D eigenvalue weighted by atomic mass is 10.1. The summed E-state index contributed by atoms with van der Waals surface area (Å²) in [6.07, 6.45) is 0.818. The van der Waals surface area contributed by atoms with Crippen LogP contribution < -0.4 is 5.73 Å². The number of nitrogens with two attached hydrogens (primary N) is 1. The standard InChI is InChI=1S/C10H14N2O3/c1-12-4-3-6-7(5-12)15-9(8(6)11)10(13)14-2/h3-5,11H2,1-2H3. The Balaban J connectivity index is 2.40. The van der Waals surface area contributed by atoms with Crippen molar-refractivity contribution in [2.45, 2.75) is 13.0 Å². The molecular formula is C10H14N2O3. The molecule has 0 saturated heterocycles. The molecule has 82 valence electrons. The molecule has 0 unspecified atom stereocenters. The van der Waals surface area contributed by atoms with Crippen LogP contribution in [-0.2, 0) is 17.7 Å². The number of hydrogen-bond donors (Lipinski definition) is 1. The number of nitrogens with zero attached hydrogens (tertiary/aromatic N) is 1. The molecule has 0 spiro atoms. The van der Waals surface area contributed by atoms with Gasteiger partial charge in [-0.1, -0.05) is 0 Å². The average Bonchev–Trinajstić information content (AvgIpc) is 2.54. The molecule has 0 aliphatic carbocycles. The Kier molecular flexibility index (Phi) is 2.40. The summed E-state index contributed by atoms with van der Waals surface area (Å²) >= 11 is 0. The van der Waals surface area contributed by atoms with Crippen LogP contribution in [0, 0.1) is 0 Å². The Hall–Kier alpha value is -1.49. The third-order valence-corrected chi connectivity index (χ3v) is 2.66. The van der Waals surface area contributed by atoms with Gasteiger partial charge in [0, 0.05) is 12.1 Å². The summed E-state index contributed by atoms with van der Waals surface area (Å²) in [5, 5.41) is 0. The summed E-state index contributed by atoms with van der Waals surface area (Å²) in [4.78, 5) is 13.4. The minimum atomic E-state index is -0.510. The third kappa shape index (κ3) is 1.59. The fraction of sp³-hybridized carbons (Fsp3) is 0.500. The van der Waals surface area contributed by atoms with Crippen LogP contribution in [0.5, 0.6) is 0 Å². The van der Waals surface area contributed by atoms with E-state index in [-0.39, 0.29) is 5.76 Å². The Morgan fingerprint density at radius 3 is 3.00 bits per heavy atom. The van der Waals surface area contributed by atoms with E-state index in [4.69, 9.17) is 10.2 Å². The summed E-state index contributed by atoms with van der Waals surface area (Å²) in [7, 11) is 3.31. The zero-order chi connectivity index (χ0) is 11.0. The molecule has 1 aliphatic heterocycles. The van der Waals surface area contributed by atoms with Crippen LogP contribution in [0.2, 0.25) is 0 Å². The van der Waals surface area contributed by atoms with Crippen molar-refractivity contribution in [3.05, 3.63) is 17.1 Å². The van der Waals surface area contributed by atoms with Crippen molar-refractivity contribution in [2.75, 3.05) is 26.4 Å². The molecule has 0 atom stereocenters. The van der Waals surface area contributed by atoms with Crippen molar-refractivity contribution in [3.63, 3.8) is 0 Å². The number of methoxy groups -OCH3 is 1. The van der Waals surface area contributed by atoms with E-state index < -0.39 is 5.97 Å². The van der Waals surface area contributed by atoms with Gasteiger partial charge in [0.25, 0.3) is 0 Å². The van der Waals surface area contributed by atoms with Gasteiger partial charge in [-0.25, -0.2) is 4.79 Å². The molecule has 2 N–H and O–H groups in total. The first kappa shape index (κ1) is 10.0. The maximum atomic E-state index is 11.3. The van der Waals surface area contributed by atoms with Crippen molar-refractivity contribution in [3.8, 4) is 0 Å². The number of anilines is 1. The van der Waals surface area contributed by atoms with Gasteiger partial charge in [-0.15, -0.1) is 0 Å². The summed E-state index contributed by atoms with van der Waals surface area (Å²) in [5.74, 6) is 0.406. The van der Waals surface area contributed by atoms with Crippen LogP contribution in [0.1, 0.15) is 21.9 Å². The first-order valence-corrected chi connectivity index (χ1v) is 4.80. The van der Waals surface area contributed by atoms with E-state index in [1.54, 1.807) is 0 Å². The lowest BCUT2D eigenvalue weighted by Gasteiger charge is -2.20. The highest BCUT2D eigenvalue weighted by atomic mass is 16.5. The predicted octanol–water partition coefficient (Wildman–Crippen LogP) is 0.636. The maximum absolute atomic E-state index is 11.3. The molecule has 1 aliphatic rings. The average molecular weight is 210 g/mol. The van der Waals surface area contributed by atoms with Crippen LogP contribution >= 0.6 is 0 Å². The zero-order valence-corrected chi connectivity index (χ0v) is 8.87. The Labute approximate surface area is 87.8 Å². The number of nitrogen functional groups attached to an aromatic ring is 1. The quantitative estimate of drug-likeness (QED) is 0.689. The lowest BCUT2D eigenvalue weighted by Crippen LogP contribution is -2.25. The smallest absolute Gasteiger partial charge is 0.376 e. The molecule has 2 heterocycles. The molecule has 0 radical (unpaired) electrons. The Bertz CT molecular complexity index is 398. The highest BCUT2D eigenvalue weighted by molar-refractivity contribution is 5.93. The SMILES string of the molecule is COC(=O)c1oc2c(c1N)CCN(C)C2. The van der Waals surface area contributed by atoms with E-state index in [1.807, 2.05) is 7.05 Å². The number of fused-ring (bicyclic) bond motifs is 1. The van der Waals surface area contributed by atoms with Crippen molar-refractivity contribution in [2.24, 2.45) is 0 Å². The summed E-state index contributed by atoms with van der Waals surface area (Å²) in [6, 6.07) is 0. The van der Waals surface area contributed by atoms with E-state index in [9.17, 15) is 4.79 Å². The molecule has 0 bridgehead atoms. The van der Waals surface area contributed by atoms with Crippen LogP contribution in [0.3, 0.4) is 0 Å². The number of hydrogen-bond acceptors (Lipinski definition) is 5. The van der Waals surface area contributed by atoms with Gasteiger partial charge in [-0.3, -0.25) is 4.90 Å². The number of carbonyl (C=O) groups is 1. The number of likely N-dealkylation sites (N-methyl/N-ethyl adjacent to an activating group) is 1. The van der Waals surface area contributed by atoms with Gasteiger partial charge in [0.1, 0.15) is 5.76 Å². The second kappa shape index (κ2) is 3.58. The van der Waals surface area contributed by atoms with Gasteiger partial charge in [0.2, 0.25) is 5.76 Å². The minimum absolute atomic E-state index is 0.137. The molecule has 1 aromatic heterocycles. The number of carbonyl (C=O) groups excluding carboxylic acids is 1. The predicted molar refractivity (Wildman–Crippen MR) is 54.5 cm³/mol. The Morgan fingerprint density at radius 1 is 1.60 bits per heavy atom. The van der Waals surface area contributed by atoms with Gasteiger partial charge in [-0.2, -0.15) is 0 Å². The monoisotopic (exact) mass is 210 g/mol. The van der Waals surface area contributed by atoms with Crippen molar-refractivity contribution < 1.29 is 13.9 Å². The lowest BCUT2D eigenvalue weighted by molar-refractivity contribution is 0.0563. The molecule has 0 fully saturated rings. The van der Waals surface area contributed by atoms with E-state index in [0.29, 0.717) is 12.2 Å². The first-order valence-electron chi connectivity index (χ1n) is 4.80. The largest absolute Gasteiger partial charge is 0.463 e. The fourth-order valence-corrected chi connectivity index (χ4v) is 1.80. The molecule has 2 rings (SSSR count). The normalized spacial score (nSPS) is 16.1. The molecule has 5 heteroatoms. The van der Waals surface area contributed by atoms with Gasteiger partial charge < -0.3 is 14.9 Å². The third-order valence-electron chi connectivity index (χ3n) is 2.66. The second-order valence-corrected chi connectivity index (χ2v) is 3.73. The number of rotatable bonds is 1. The van der Waals surface area contributed by atoms with E-state index in [2.05, 4.69) is 9.64 Å². The van der Waals surface area contributed by atoms with Crippen LogP contribution in [0.25, 0.3) is 0 Å². The molecule has 1 aromatic rings. The molecular weight excluding hydrogens is 196 g/mol. The van der Waals surface area contributed by atoms with E-state index in [0.717, 1.165) is 24.3 Å². The highest BCUT2D eigenvalue weighted by Gasteiger charge is 2.26. The van der Waals surface area contributed by atoms with Gasteiger partial charge >= 0.3 is 5.97 Å². The van der Waals surface area contributed by atoms with Gasteiger partial charge in [-0.05, 0) is 13.5 Å². The molecule has 15 heavy (non-hydrogen) atoms. The summed E-state index contributed by atoms with van der Waals surface area (Å²) in [5.41, 5.74) is 7.22. The molecule has 5 nitrogen and oxygen atoms in total. The fourth-order valence-electron chi connectivity index (χ4n) is 1.80. The van der Waals surface area contributed by atoms with Crippen molar-refractivity contribution in [1.29, 1.82) is 0 Å². The molecule has 0 amide bonds. The number of esters is 1. The topological polar surface area (TPSA) is 68.7 Å². The van der Waals surface area contributed by atoms with E-state index in [1.165, 1.54) is 7.11 Å².